The summed E-state index contributed by atoms with van der Waals surface area (Å²) < 4.78 is 14.6. The number of aromatic nitrogens is 1. The fraction of sp³-hybridized carbons (Fsp3) is 0.364. The summed E-state index contributed by atoms with van der Waals surface area (Å²) in [6, 6.07) is 3.11. The number of hydrogen-bond acceptors (Lipinski definition) is 6. The van der Waals surface area contributed by atoms with Gasteiger partial charge in [0.05, 0.1) is 7.11 Å². The van der Waals surface area contributed by atoms with E-state index in [1.165, 1.54) is 33.2 Å². The molecule has 1 heterocycles. The molecular weight excluding hydrogens is 226 g/mol. The van der Waals surface area contributed by atoms with E-state index in [4.69, 9.17) is 9.47 Å². The first kappa shape index (κ1) is 13.0. The molecule has 6 nitrogen and oxygen atoms in total. The van der Waals surface area contributed by atoms with E-state index < -0.39 is 18.0 Å². The van der Waals surface area contributed by atoms with Crippen LogP contribution in [0.3, 0.4) is 0 Å². The monoisotopic (exact) mass is 239 g/mol. The number of carbonyl (C=O) groups is 2. The van der Waals surface area contributed by atoms with E-state index in [9.17, 15) is 9.59 Å². The average molecular weight is 239 g/mol. The van der Waals surface area contributed by atoms with Gasteiger partial charge in [0.2, 0.25) is 0 Å². The molecule has 0 saturated carbocycles. The molecule has 6 heteroatoms. The minimum Gasteiger partial charge on any atom is -0.466 e. The zero-order valence-corrected chi connectivity index (χ0v) is 9.80. The lowest BCUT2D eigenvalue weighted by atomic mass is 10.4. The Labute approximate surface area is 98.5 Å². The summed E-state index contributed by atoms with van der Waals surface area (Å²) in [4.78, 5) is 25.9. The highest BCUT2D eigenvalue weighted by Crippen LogP contribution is 2.24. The summed E-state index contributed by atoms with van der Waals surface area (Å²) in [6.07, 6.45) is 0.635. The molecule has 0 aliphatic carbocycles. The molecule has 1 aromatic rings. The number of hydrogen-bond donors (Lipinski definition) is 0. The molecule has 1 atom stereocenters. The Kier molecular flexibility index (Phi) is 4.45. The minimum atomic E-state index is -0.829. The minimum absolute atomic E-state index is 0.0700. The van der Waals surface area contributed by atoms with E-state index in [1.54, 1.807) is 6.07 Å². The third-order valence-corrected chi connectivity index (χ3v) is 1.81. The second kappa shape index (κ2) is 5.83. The summed E-state index contributed by atoms with van der Waals surface area (Å²) in [5.74, 6) is -0.797. The van der Waals surface area contributed by atoms with Gasteiger partial charge < -0.3 is 14.2 Å². The number of ether oxygens (including phenoxy) is 3. The molecule has 1 unspecified atom stereocenters. The Bertz CT molecular complexity index is 418. The maximum absolute atomic E-state index is 11.2. The van der Waals surface area contributed by atoms with Crippen molar-refractivity contribution in [3.8, 4) is 11.6 Å². The smallest absolute Gasteiger partial charge is 0.346 e. The third-order valence-electron chi connectivity index (χ3n) is 1.81. The topological polar surface area (TPSA) is 74.7 Å². The van der Waals surface area contributed by atoms with Crippen molar-refractivity contribution in [1.82, 2.24) is 4.98 Å². The highest BCUT2D eigenvalue weighted by molar-refractivity contribution is 5.74. The number of pyridine rings is 1. The fourth-order valence-electron chi connectivity index (χ4n) is 1.08. The van der Waals surface area contributed by atoms with Crippen LogP contribution in [0.15, 0.2) is 18.3 Å². The third kappa shape index (κ3) is 3.75. The first-order chi connectivity index (χ1) is 8.04. The van der Waals surface area contributed by atoms with Gasteiger partial charge in [-0.2, -0.15) is 0 Å². The molecule has 1 aromatic heterocycles. The molecule has 0 spiro atoms. The van der Waals surface area contributed by atoms with Gasteiger partial charge in [-0.15, -0.1) is 0 Å². The number of rotatable bonds is 4. The van der Waals surface area contributed by atoms with E-state index in [1.807, 2.05) is 0 Å². The molecule has 0 aliphatic heterocycles. The lowest BCUT2D eigenvalue weighted by molar-refractivity contribution is -0.148. The predicted molar refractivity (Wildman–Crippen MR) is 57.7 cm³/mol. The largest absolute Gasteiger partial charge is 0.466 e. The highest BCUT2D eigenvalue weighted by Gasteiger charge is 2.18. The van der Waals surface area contributed by atoms with Gasteiger partial charge in [0.25, 0.3) is 5.88 Å². The average Bonchev–Trinajstić information content (AvgIpc) is 2.29. The van der Waals surface area contributed by atoms with Crippen LogP contribution in [0.5, 0.6) is 11.6 Å². The number of esters is 2. The lowest BCUT2D eigenvalue weighted by Gasteiger charge is -2.13. The maximum Gasteiger partial charge on any atom is 0.346 e. The van der Waals surface area contributed by atoms with Crippen molar-refractivity contribution < 1.29 is 23.8 Å². The number of methoxy groups -OCH3 is 1. The van der Waals surface area contributed by atoms with Crippen molar-refractivity contribution in [3.63, 3.8) is 0 Å². The maximum atomic E-state index is 11.2. The van der Waals surface area contributed by atoms with Gasteiger partial charge in [-0.1, -0.05) is 0 Å². The quantitative estimate of drug-likeness (QED) is 0.728. The summed E-state index contributed by atoms with van der Waals surface area (Å²) in [5.41, 5.74) is 0. The zero-order chi connectivity index (χ0) is 12.8. The molecule has 92 valence electrons. The van der Waals surface area contributed by atoms with Crippen molar-refractivity contribution in [2.75, 3.05) is 7.11 Å². The van der Waals surface area contributed by atoms with Gasteiger partial charge >= 0.3 is 11.9 Å². The Morgan fingerprint density at radius 2 is 2.12 bits per heavy atom. The summed E-state index contributed by atoms with van der Waals surface area (Å²) in [6.45, 7) is 2.78. The number of nitrogens with zero attached hydrogens (tertiary/aromatic N) is 1. The van der Waals surface area contributed by atoms with Crippen LogP contribution in [0.4, 0.5) is 0 Å². The highest BCUT2D eigenvalue weighted by atomic mass is 16.6. The van der Waals surface area contributed by atoms with E-state index in [-0.39, 0.29) is 11.6 Å². The van der Waals surface area contributed by atoms with Crippen LogP contribution < -0.4 is 9.47 Å². The molecule has 0 saturated heterocycles. The van der Waals surface area contributed by atoms with Gasteiger partial charge in [-0.25, -0.2) is 9.78 Å². The van der Waals surface area contributed by atoms with Crippen molar-refractivity contribution >= 4 is 11.9 Å². The van der Waals surface area contributed by atoms with Crippen molar-refractivity contribution in [2.45, 2.75) is 20.0 Å². The van der Waals surface area contributed by atoms with Crippen molar-refractivity contribution in [3.05, 3.63) is 18.3 Å². The predicted octanol–water partition coefficient (Wildman–Crippen LogP) is 0.947. The van der Waals surface area contributed by atoms with Gasteiger partial charge in [0.15, 0.2) is 11.9 Å². The molecule has 0 N–H and O–H groups in total. The first-order valence-corrected chi connectivity index (χ1v) is 4.92. The first-order valence-electron chi connectivity index (χ1n) is 4.92. The molecule has 0 fully saturated rings. The van der Waals surface area contributed by atoms with Crippen molar-refractivity contribution in [1.29, 1.82) is 0 Å². The Morgan fingerprint density at radius 1 is 1.41 bits per heavy atom. The normalized spacial score (nSPS) is 11.5. The standard InChI is InChI=1S/C11H13NO5/c1-7(11(14)15-3)16-10-9(17-8(2)13)5-4-6-12-10/h4-7H,1-3H3. The zero-order valence-electron chi connectivity index (χ0n) is 9.80. The molecular formula is C11H13NO5. The van der Waals surface area contributed by atoms with Crippen LogP contribution in [-0.2, 0) is 14.3 Å². The van der Waals surface area contributed by atoms with E-state index in [2.05, 4.69) is 9.72 Å². The summed E-state index contributed by atoms with van der Waals surface area (Å²) in [7, 11) is 1.26. The van der Waals surface area contributed by atoms with Crippen LogP contribution in [0, 0.1) is 0 Å². The fourth-order valence-corrected chi connectivity index (χ4v) is 1.08. The van der Waals surface area contributed by atoms with Crippen LogP contribution in [-0.4, -0.2) is 30.1 Å². The van der Waals surface area contributed by atoms with E-state index >= 15 is 0 Å². The molecule has 1 rings (SSSR count). The molecule has 0 aliphatic rings. The Balaban J connectivity index is 2.83. The second-order valence-corrected chi connectivity index (χ2v) is 3.18. The molecule has 17 heavy (non-hydrogen) atoms. The van der Waals surface area contributed by atoms with E-state index in [0.29, 0.717) is 0 Å². The molecule has 0 amide bonds. The van der Waals surface area contributed by atoms with Gasteiger partial charge in [0, 0.05) is 13.1 Å². The Hall–Kier alpha value is -2.11. The molecule has 0 aromatic carbocycles. The van der Waals surface area contributed by atoms with Gasteiger partial charge in [0.1, 0.15) is 0 Å². The second-order valence-electron chi connectivity index (χ2n) is 3.18. The van der Waals surface area contributed by atoms with Gasteiger partial charge in [-0.3, -0.25) is 4.79 Å². The number of carbonyl (C=O) groups excluding carboxylic acids is 2. The SMILES string of the molecule is COC(=O)C(C)Oc1ncccc1OC(C)=O. The van der Waals surface area contributed by atoms with Crippen molar-refractivity contribution in [2.24, 2.45) is 0 Å². The van der Waals surface area contributed by atoms with Crippen LogP contribution in [0.25, 0.3) is 0 Å². The van der Waals surface area contributed by atoms with Crippen LogP contribution >= 0.6 is 0 Å². The molecule has 0 radical (unpaired) electrons. The van der Waals surface area contributed by atoms with Crippen LogP contribution in [0.1, 0.15) is 13.8 Å². The van der Waals surface area contributed by atoms with E-state index in [0.717, 1.165) is 0 Å². The van der Waals surface area contributed by atoms with Crippen LogP contribution in [0.2, 0.25) is 0 Å². The lowest BCUT2D eigenvalue weighted by Crippen LogP contribution is -2.25. The summed E-state index contributed by atoms with van der Waals surface area (Å²) in [5, 5.41) is 0. The van der Waals surface area contributed by atoms with Gasteiger partial charge in [-0.05, 0) is 19.1 Å². The summed E-state index contributed by atoms with van der Waals surface area (Å²) >= 11 is 0. The Morgan fingerprint density at radius 3 is 2.71 bits per heavy atom. The molecule has 0 bridgehead atoms.